The predicted octanol–water partition coefficient (Wildman–Crippen LogP) is 9.73. The van der Waals surface area contributed by atoms with Gasteiger partial charge in [-0.2, -0.15) is 16.8 Å². The fourth-order valence-corrected chi connectivity index (χ4v) is 8.53. The van der Waals surface area contributed by atoms with Crippen molar-refractivity contribution in [2.24, 2.45) is 10.2 Å². The molecule has 0 unspecified atom stereocenters. The van der Waals surface area contributed by atoms with E-state index in [0.717, 1.165) is 49.3 Å². The molecule has 0 atom stereocenters. The summed E-state index contributed by atoms with van der Waals surface area (Å²) in [4.78, 5) is 24.0. The topological polar surface area (TPSA) is 251 Å². The second kappa shape index (κ2) is 23.1. The molecule has 2 amide bonds. The van der Waals surface area contributed by atoms with Crippen LogP contribution in [-0.4, -0.2) is 120 Å². The molecule has 6 N–H and O–H groups in total. The number of phenolic OH excluding ortho intramolecular Hbond substituents is 2. The van der Waals surface area contributed by atoms with Crippen LogP contribution in [0.4, 0.5) is 17.1 Å². The Morgan fingerprint density at radius 3 is 2.00 bits per heavy atom. The van der Waals surface area contributed by atoms with Crippen LogP contribution in [0.15, 0.2) is 111 Å². The van der Waals surface area contributed by atoms with E-state index in [1.54, 1.807) is 36.4 Å². The number of hydrogen-bond donors (Lipinski definition) is 6. The molecule has 0 spiro atoms. The maximum atomic E-state index is 13.7. The number of unbranched alkanes of at least 4 members (excludes halogenated alkanes) is 1. The summed E-state index contributed by atoms with van der Waals surface area (Å²) in [5, 5.41) is 36.2. The first-order chi connectivity index (χ1) is 31.5. The molecule has 0 saturated heterocycles. The molecular weight excluding hydrogens is 947 g/mol. The van der Waals surface area contributed by atoms with Gasteiger partial charge in [0.15, 0.2) is 11.5 Å². The maximum absolute atomic E-state index is 13.7. The molecule has 0 fully saturated rings. The normalized spacial score (nSPS) is 12.1. The number of benzene rings is 6. The molecule has 20 heteroatoms. The summed E-state index contributed by atoms with van der Waals surface area (Å²) in [6.07, 6.45) is 3.17. The average Bonchev–Trinajstić information content (AvgIpc) is 3.27. The molecule has 0 aliphatic heterocycles. The van der Waals surface area contributed by atoms with Crippen LogP contribution in [0, 0.1) is 0 Å². The molecule has 16 nitrogen and oxygen atoms in total. The number of anilines is 1. The van der Waals surface area contributed by atoms with E-state index in [1.165, 1.54) is 23.8 Å². The van der Waals surface area contributed by atoms with Crippen molar-refractivity contribution in [2.45, 2.75) is 94.8 Å². The monoisotopic (exact) mass is 1000 g/mol. The second-order valence-electron chi connectivity index (χ2n) is 17.4. The van der Waals surface area contributed by atoms with Crippen LogP contribution in [0.25, 0.3) is 21.5 Å². The number of amides is 2. The number of para-hydroxylation sites is 1. The summed E-state index contributed by atoms with van der Waals surface area (Å²) < 4.78 is 81.8. The molecule has 0 aromatic heterocycles. The third kappa shape index (κ3) is 13.2. The van der Waals surface area contributed by atoms with Crippen molar-refractivity contribution in [3.05, 3.63) is 108 Å². The van der Waals surface area contributed by atoms with E-state index in [4.69, 9.17) is 9.47 Å². The summed E-state index contributed by atoms with van der Waals surface area (Å²) in [6, 6.07) is 23.1. The SMILES string of the molecule is CCC(C)(C)c1ccc(OCCCCNC(=O)c2cc(Oc3ccccc3N=Nc3c(S(=O)(=O)O)cc4cc(S(=O)(=O)O)cc(NC(C)=O)c4c3O)c3ccccc3c2O)c(C(C)(C)CC)c1.[NaH].[NaH]. The van der Waals surface area contributed by atoms with E-state index in [0.29, 0.717) is 30.2 Å². The molecular formula is C49H56N4Na2O12S2. The van der Waals surface area contributed by atoms with Crippen molar-refractivity contribution in [1.29, 1.82) is 0 Å². The zero-order valence-electron chi connectivity index (χ0n) is 38.2. The van der Waals surface area contributed by atoms with Gasteiger partial charge in [-0.3, -0.25) is 18.7 Å². The molecule has 0 radical (unpaired) electrons. The van der Waals surface area contributed by atoms with E-state index < -0.39 is 53.3 Å². The molecule has 0 saturated carbocycles. The zero-order valence-corrected chi connectivity index (χ0v) is 39.8. The van der Waals surface area contributed by atoms with Gasteiger partial charge in [-0.25, -0.2) is 0 Å². The summed E-state index contributed by atoms with van der Waals surface area (Å²) >= 11 is 0. The first kappa shape index (κ1) is 57.0. The molecule has 0 aliphatic rings. The minimum atomic E-state index is -5.19. The molecule has 0 bridgehead atoms. The van der Waals surface area contributed by atoms with Gasteiger partial charge in [0.25, 0.3) is 26.1 Å². The van der Waals surface area contributed by atoms with Gasteiger partial charge in [-0.05, 0) is 89.9 Å². The summed E-state index contributed by atoms with van der Waals surface area (Å²) in [5.41, 5.74) is 1.15. The Morgan fingerprint density at radius 1 is 0.710 bits per heavy atom. The van der Waals surface area contributed by atoms with Gasteiger partial charge in [0.2, 0.25) is 5.91 Å². The number of carbonyl (C=O) groups excluding carboxylic acids is 2. The van der Waals surface area contributed by atoms with Crippen molar-refractivity contribution in [3.8, 4) is 28.7 Å². The van der Waals surface area contributed by atoms with Gasteiger partial charge in [0, 0.05) is 35.2 Å². The van der Waals surface area contributed by atoms with Crippen molar-refractivity contribution >= 4 is 130 Å². The van der Waals surface area contributed by atoms with Crippen LogP contribution in [0.5, 0.6) is 28.7 Å². The fraction of sp³-hybridized carbons (Fsp3) is 0.306. The van der Waals surface area contributed by atoms with Gasteiger partial charge in [0.1, 0.15) is 33.5 Å². The predicted molar refractivity (Wildman–Crippen MR) is 270 cm³/mol. The number of hydrogen-bond acceptors (Lipinski definition) is 12. The number of aromatic hydroxyl groups is 2. The zero-order chi connectivity index (χ0) is 49.1. The Balaban J connectivity index is 0.00000518. The third-order valence-corrected chi connectivity index (χ3v) is 13.6. The number of nitrogens with zero attached hydrogens (tertiary/aromatic N) is 2. The van der Waals surface area contributed by atoms with E-state index in [9.17, 15) is 45.7 Å². The molecule has 6 aromatic carbocycles. The quantitative estimate of drug-likeness (QED) is 0.0204. The van der Waals surface area contributed by atoms with Crippen molar-refractivity contribution < 1.29 is 55.2 Å². The van der Waals surface area contributed by atoms with Gasteiger partial charge in [-0.1, -0.05) is 90.1 Å². The van der Waals surface area contributed by atoms with Gasteiger partial charge < -0.3 is 30.3 Å². The molecule has 69 heavy (non-hydrogen) atoms. The Kier molecular flexibility index (Phi) is 19.1. The third-order valence-electron chi connectivity index (χ3n) is 11.9. The fourth-order valence-electron chi connectivity index (χ4n) is 7.33. The van der Waals surface area contributed by atoms with Crippen LogP contribution in [0.1, 0.15) is 95.6 Å². The molecule has 0 heterocycles. The number of azo groups is 1. The van der Waals surface area contributed by atoms with Crippen LogP contribution in [-0.2, 0) is 35.9 Å². The van der Waals surface area contributed by atoms with E-state index in [-0.39, 0.29) is 121 Å². The summed E-state index contributed by atoms with van der Waals surface area (Å²) in [6.45, 7) is 15.1. The summed E-state index contributed by atoms with van der Waals surface area (Å²) in [7, 11) is -10.1. The number of fused-ring (bicyclic) bond motifs is 2. The number of carbonyl (C=O) groups is 2. The van der Waals surface area contributed by atoms with E-state index in [2.05, 4.69) is 80.6 Å². The summed E-state index contributed by atoms with van der Waals surface area (Å²) in [5.74, 6) is -1.45. The van der Waals surface area contributed by atoms with Crippen molar-refractivity contribution in [1.82, 2.24) is 5.32 Å². The van der Waals surface area contributed by atoms with Crippen LogP contribution in [0.3, 0.4) is 0 Å². The van der Waals surface area contributed by atoms with Crippen LogP contribution < -0.4 is 20.1 Å². The van der Waals surface area contributed by atoms with E-state index in [1.807, 2.05) is 0 Å². The van der Waals surface area contributed by atoms with Gasteiger partial charge in [-0.15, -0.1) is 10.2 Å². The minimum absolute atomic E-state index is 0. The molecule has 0 aliphatic carbocycles. The van der Waals surface area contributed by atoms with Gasteiger partial charge >= 0.3 is 59.1 Å². The number of nitrogens with one attached hydrogen (secondary N) is 2. The van der Waals surface area contributed by atoms with E-state index >= 15 is 0 Å². The van der Waals surface area contributed by atoms with Crippen LogP contribution in [0.2, 0.25) is 0 Å². The average molecular weight is 1000 g/mol. The molecule has 6 rings (SSSR count). The Hall–Kier alpha value is -4.60. The Labute approximate surface area is 446 Å². The van der Waals surface area contributed by atoms with Crippen molar-refractivity contribution in [2.75, 3.05) is 18.5 Å². The molecule has 358 valence electrons. The number of rotatable bonds is 18. The van der Waals surface area contributed by atoms with Gasteiger partial charge in [0.05, 0.1) is 22.8 Å². The Morgan fingerprint density at radius 2 is 1.36 bits per heavy atom. The Bertz CT molecular complexity index is 3160. The first-order valence-electron chi connectivity index (χ1n) is 21.5. The first-order valence-corrected chi connectivity index (χ1v) is 24.4. The molecule has 6 aromatic rings. The van der Waals surface area contributed by atoms with Crippen LogP contribution >= 0.6 is 0 Å². The number of ether oxygens (including phenoxy) is 2. The van der Waals surface area contributed by atoms with Crippen molar-refractivity contribution in [3.63, 3.8) is 0 Å². The number of phenols is 2. The second-order valence-corrected chi connectivity index (χ2v) is 20.2. The standard InChI is InChI=1S/C49H54N4O12S2.2Na.2H/c1-8-48(4,5)31-20-21-39(36(26-31)49(6,7)9-2)64-23-15-14-22-50-47(57)35-28-41(33-16-10-11-17-34(33)45(35)55)65-40-19-13-12-18-37(40)52-53-44-42(67(61,62)63)25-30-24-32(66(58,59)60)27-38(51-29(3)54)43(30)46(44)56;;;;/h10-13,16-21,24-28,55-56H,8-9,14-15,22-23H2,1-7H3,(H,50,57)(H,51,54)(H,58,59,60)(H,61,62,63);;;;.